The van der Waals surface area contributed by atoms with Gasteiger partial charge in [-0.1, -0.05) is 6.07 Å². The minimum absolute atomic E-state index is 0.149. The predicted molar refractivity (Wildman–Crippen MR) is 93.7 cm³/mol. The number of rotatable bonds is 3. The molecule has 0 radical (unpaired) electrons. The molecule has 0 atom stereocenters. The van der Waals surface area contributed by atoms with E-state index in [1.807, 2.05) is 13.0 Å². The molecule has 0 unspecified atom stereocenters. The third-order valence-electron chi connectivity index (χ3n) is 3.90. The van der Waals surface area contributed by atoms with Gasteiger partial charge in [0.05, 0.1) is 11.4 Å². The summed E-state index contributed by atoms with van der Waals surface area (Å²) in [6.07, 6.45) is 3.13. The average Bonchev–Trinajstić information content (AvgIpc) is 2.54. The van der Waals surface area contributed by atoms with Crippen LogP contribution in [0.5, 0.6) is 0 Å². The van der Waals surface area contributed by atoms with Crippen molar-refractivity contribution in [3.8, 4) is 0 Å². The van der Waals surface area contributed by atoms with E-state index in [0.717, 1.165) is 12.0 Å². The fraction of sp³-hybridized carbons (Fsp3) is 0.294. The fourth-order valence-corrected chi connectivity index (χ4v) is 4.31. The highest BCUT2D eigenvalue weighted by Gasteiger charge is 2.26. The molecular formula is C17H19N3O3S. The van der Waals surface area contributed by atoms with E-state index in [0.29, 0.717) is 30.0 Å². The van der Waals surface area contributed by atoms with Gasteiger partial charge in [0, 0.05) is 18.3 Å². The first-order valence-corrected chi connectivity index (χ1v) is 9.41. The summed E-state index contributed by atoms with van der Waals surface area (Å²) in [7, 11) is -3.29. The molecule has 1 aromatic heterocycles. The van der Waals surface area contributed by atoms with E-state index in [2.05, 4.69) is 10.3 Å². The lowest BCUT2D eigenvalue weighted by atomic mass is 10.2. The van der Waals surface area contributed by atoms with Crippen molar-refractivity contribution in [1.82, 2.24) is 4.98 Å². The lowest BCUT2D eigenvalue weighted by Crippen LogP contribution is -2.37. The molecule has 3 rings (SSSR count). The lowest BCUT2D eigenvalue weighted by molar-refractivity contribution is 0.102. The minimum Gasteiger partial charge on any atom is -0.307 e. The van der Waals surface area contributed by atoms with E-state index in [9.17, 15) is 13.2 Å². The molecule has 7 heteroatoms. The highest BCUT2D eigenvalue weighted by atomic mass is 32.2. The van der Waals surface area contributed by atoms with Crippen LogP contribution in [0.25, 0.3) is 0 Å². The maximum absolute atomic E-state index is 12.4. The number of sulfonamides is 1. The molecule has 1 aromatic carbocycles. The zero-order valence-electron chi connectivity index (χ0n) is 13.4. The molecule has 0 aliphatic carbocycles. The van der Waals surface area contributed by atoms with E-state index in [1.54, 1.807) is 36.5 Å². The average molecular weight is 345 g/mol. The normalized spacial score (nSPS) is 16.6. The zero-order valence-corrected chi connectivity index (χ0v) is 14.2. The number of nitrogens with one attached hydrogen (secondary N) is 1. The number of aromatic nitrogens is 1. The first kappa shape index (κ1) is 16.4. The number of carbonyl (C=O) groups excluding carboxylic acids is 1. The molecule has 2 heterocycles. The van der Waals surface area contributed by atoms with E-state index in [-0.39, 0.29) is 11.7 Å². The molecular weight excluding hydrogens is 326 g/mol. The van der Waals surface area contributed by atoms with Crippen molar-refractivity contribution in [3.63, 3.8) is 0 Å². The van der Waals surface area contributed by atoms with Crippen LogP contribution in [0.1, 0.15) is 28.8 Å². The molecule has 0 bridgehead atoms. The Morgan fingerprint density at radius 2 is 2.04 bits per heavy atom. The fourth-order valence-electron chi connectivity index (χ4n) is 2.67. The van der Waals surface area contributed by atoms with Crippen molar-refractivity contribution in [1.29, 1.82) is 0 Å². The van der Waals surface area contributed by atoms with Crippen LogP contribution in [0.15, 0.2) is 42.6 Å². The summed E-state index contributed by atoms with van der Waals surface area (Å²) in [6, 6.07) is 10.3. The summed E-state index contributed by atoms with van der Waals surface area (Å²) in [6.45, 7) is 2.37. The summed E-state index contributed by atoms with van der Waals surface area (Å²) >= 11 is 0. The van der Waals surface area contributed by atoms with Gasteiger partial charge in [-0.05, 0) is 55.7 Å². The largest absolute Gasteiger partial charge is 0.307 e. The van der Waals surface area contributed by atoms with E-state index in [4.69, 9.17) is 0 Å². The standard InChI is InChI=1S/C17H19N3O3S/c1-13-7-8-18-16(11-13)19-17(21)14-5-4-6-15(12-14)20-9-2-3-10-24(20,22)23/h4-8,11-12H,2-3,9-10H2,1H3,(H,18,19,21). The smallest absolute Gasteiger partial charge is 0.256 e. The Morgan fingerprint density at radius 1 is 1.21 bits per heavy atom. The van der Waals surface area contributed by atoms with Gasteiger partial charge in [0.25, 0.3) is 5.91 Å². The SMILES string of the molecule is Cc1ccnc(NC(=O)c2cccc(N3CCCCS3(=O)=O)c2)c1. The Hall–Kier alpha value is -2.41. The van der Waals surface area contributed by atoms with Crippen molar-refractivity contribution in [2.45, 2.75) is 19.8 Å². The molecule has 6 nitrogen and oxygen atoms in total. The molecule has 2 aromatic rings. The lowest BCUT2D eigenvalue weighted by Gasteiger charge is -2.28. The van der Waals surface area contributed by atoms with Gasteiger partial charge < -0.3 is 5.32 Å². The second-order valence-electron chi connectivity index (χ2n) is 5.82. The van der Waals surface area contributed by atoms with Gasteiger partial charge in [-0.25, -0.2) is 13.4 Å². The van der Waals surface area contributed by atoms with Crippen LogP contribution in [-0.2, 0) is 10.0 Å². The molecule has 1 amide bonds. The number of benzene rings is 1. The number of aryl methyl sites for hydroxylation is 1. The molecule has 1 fully saturated rings. The highest BCUT2D eigenvalue weighted by molar-refractivity contribution is 7.92. The van der Waals surface area contributed by atoms with Crippen LogP contribution in [0.3, 0.4) is 0 Å². The maximum atomic E-state index is 12.4. The number of hydrogen-bond acceptors (Lipinski definition) is 4. The molecule has 1 aliphatic rings. The number of anilines is 2. The van der Waals surface area contributed by atoms with Crippen molar-refractivity contribution in [2.24, 2.45) is 0 Å². The first-order chi connectivity index (χ1) is 11.5. The minimum atomic E-state index is -3.29. The number of carbonyl (C=O) groups is 1. The number of amides is 1. The Balaban J connectivity index is 1.83. The second-order valence-corrected chi connectivity index (χ2v) is 7.83. The van der Waals surface area contributed by atoms with Crippen LogP contribution >= 0.6 is 0 Å². The van der Waals surface area contributed by atoms with Gasteiger partial charge in [0.1, 0.15) is 5.82 Å². The molecule has 126 valence electrons. The first-order valence-electron chi connectivity index (χ1n) is 7.80. The topological polar surface area (TPSA) is 79.4 Å². The van der Waals surface area contributed by atoms with Crippen molar-refractivity contribution < 1.29 is 13.2 Å². The summed E-state index contributed by atoms with van der Waals surface area (Å²) in [5.74, 6) is 0.303. The van der Waals surface area contributed by atoms with Crippen LogP contribution in [0.4, 0.5) is 11.5 Å². The van der Waals surface area contributed by atoms with E-state index in [1.165, 1.54) is 4.31 Å². The van der Waals surface area contributed by atoms with Gasteiger partial charge in [-0.2, -0.15) is 0 Å². The van der Waals surface area contributed by atoms with Crippen LogP contribution in [0.2, 0.25) is 0 Å². The zero-order chi connectivity index (χ0) is 17.2. The van der Waals surface area contributed by atoms with Gasteiger partial charge in [0.15, 0.2) is 0 Å². The summed E-state index contributed by atoms with van der Waals surface area (Å²) in [4.78, 5) is 16.5. The van der Waals surface area contributed by atoms with E-state index < -0.39 is 10.0 Å². The van der Waals surface area contributed by atoms with Crippen LogP contribution in [0, 0.1) is 6.92 Å². The molecule has 1 aliphatic heterocycles. The summed E-state index contributed by atoms with van der Waals surface area (Å²) in [5.41, 5.74) is 1.92. The van der Waals surface area contributed by atoms with Crippen molar-refractivity contribution in [3.05, 3.63) is 53.7 Å². The molecule has 24 heavy (non-hydrogen) atoms. The predicted octanol–water partition coefficient (Wildman–Crippen LogP) is 2.57. The monoisotopic (exact) mass is 345 g/mol. The van der Waals surface area contributed by atoms with Gasteiger partial charge >= 0.3 is 0 Å². The summed E-state index contributed by atoms with van der Waals surface area (Å²) in [5, 5.41) is 2.73. The second kappa shape index (κ2) is 6.60. The Labute approximate surface area is 141 Å². The summed E-state index contributed by atoms with van der Waals surface area (Å²) < 4.78 is 25.8. The quantitative estimate of drug-likeness (QED) is 0.927. The van der Waals surface area contributed by atoms with Crippen LogP contribution in [-0.4, -0.2) is 31.6 Å². The molecule has 0 spiro atoms. The van der Waals surface area contributed by atoms with Crippen molar-refractivity contribution in [2.75, 3.05) is 21.9 Å². The Morgan fingerprint density at radius 3 is 2.79 bits per heavy atom. The number of pyridine rings is 1. The maximum Gasteiger partial charge on any atom is 0.256 e. The third kappa shape index (κ3) is 3.56. The van der Waals surface area contributed by atoms with Gasteiger partial charge in [0.2, 0.25) is 10.0 Å². The van der Waals surface area contributed by atoms with E-state index >= 15 is 0 Å². The Bertz CT molecular complexity index is 865. The molecule has 0 saturated carbocycles. The number of hydrogen-bond donors (Lipinski definition) is 1. The molecule has 1 N–H and O–H groups in total. The third-order valence-corrected chi connectivity index (χ3v) is 5.77. The molecule has 1 saturated heterocycles. The highest BCUT2D eigenvalue weighted by Crippen LogP contribution is 2.24. The van der Waals surface area contributed by atoms with Gasteiger partial charge in [-0.15, -0.1) is 0 Å². The van der Waals surface area contributed by atoms with Crippen LogP contribution < -0.4 is 9.62 Å². The van der Waals surface area contributed by atoms with Crippen molar-refractivity contribution >= 4 is 27.4 Å². The number of nitrogens with zero attached hydrogens (tertiary/aromatic N) is 2. The Kier molecular flexibility index (Phi) is 4.53. The van der Waals surface area contributed by atoms with Gasteiger partial charge in [-0.3, -0.25) is 9.10 Å².